The predicted molar refractivity (Wildman–Crippen MR) is 100 cm³/mol. The third-order valence-corrected chi connectivity index (χ3v) is 5.03. The van der Waals surface area contributed by atoms with Crippen LogP contribution in [0.1, 0.15) is 38.2 Å². The molecule has 7 heteroatoms. The molecule has 1 amide bonds. The molecule has 0 radical (unpaired) electrons. The summed E-state index contributed by atoms with van der Waals surface area (Å²) in [6, 6.07) is 6.98. The van der Waals surface area contributed by atoms with E-state index in [9.17, 15) is 14.9 Å². The quantitative estimate of drug-likeness (QED) is 0.541. The number of nitrogens with one attached hydrogen (secondary N) is 1. The first-order valence-corrected chi connectivity index (χ1v) is 9.27. The third-order valence-electron chi connectivity index (χ3n) is 4.41. The number of nitrogens with zero attached hydrogens (tertiary/aromatic N) is 1. The fraction of sp³-hybridized carbons (Fsp3) is 0.421. The van der Waals surface area contributed by atoms with Crippen LogP contribution in [0.2, 0.25) is 0 Å². The Balaban J connectivity index is 2.09. The Hall–Kier alpha value is -2.33. The number of aliphatic carboxylic acids is 1. The molecular formula is C19H21BrN2O4. The number of halogens is 1. The van der Waals surface area contributed by atoms with Crippen molar-refractivity contribution in [2.24, 2.45) is 5.92 Å². The molecule has 0 saturated heterocycles. The van der Waals surface area contributed by atoms with E-state index in [0.29, 0.717) is 21.7 Å². The first-order chi connectivity index (χ1) is 12.4. The summed E-state index contributed by atoms with van der Waals surface area (Å²) in [6.45, 7) is 1.67. The van der Waals surface area contributed by atoms with Gasteiger partial charge in [-0.25, -0.2) is 4.79 Å². The van der Waals surface area contributed by atoms with Gasteiger partial charge in [-0.05, 0) is 58.5 Å². The molecule has 0 heterocycles. The van der Waals surface area contributed by atoms with Crippen LogP contribution in [0.4, 0.5) is 0 Å². The highest BCUT2D eigenvalue weighted by molar-refractivity contribution is 9.10. The number of hydrogen-bond donors (Lipinski definition) is 2. The van der Waals surface area contributed by atoms with E-state index in [-0.39, 0.29) is 17.5 Å². The summed E-state index contributed by atoms with van der Waals surface area (Å²) in [5.74, 6) is -0.647. The maximum Gasteiger partial charge on any atom is 0.341 e. The summed E-state index contributed by atoms with van der Waals surface area (Å²) < 4.78 is 5.68. The van der Waals surface area contributed by atoms with Gasteiger partial charge in [-0.1, -0.05) is 25.8 Å². The SMILES string of the molecule is C[C@H]1CCCC[C@@H]1NC(=O)/C(C#N)=C/c1ccc(OCC(=O)O)c(Br)c1. The van der Waals surface area contributed by atoms with Crippen LogP contribution in [-0.2, 0) is 9.59 Å². The number of carboxylic acid groups (broad SMARTS) is 1. The Morgan fingerprint density at radius 2 is 2.15 bits per heavy atom. The number of benzene rings is 1. The van der Waals surface area contributed by atoms with Crippen molar-refractivity contribution >= 4 is 33.9 Å². The largest absolute Gasteiger partial charge is 0.481 e. The summed E-state index contributed by atoms with van der Waals surface area (Å²) in [4.78, 5) is 23.0. The zero-order valence-electron chi connectivity index (χ0n) is 14.5. The molecule has 2 atom stereocenters. The Bertz CT molecular complexity index is 754. The fourth-order valence-electron chi connectivity index (χ4n) is 2.96. The maximum atomic E-state index is 12.4. The molecule has 0 aliphatic heterocycles. The van der Waals surface area contributed by atoms with Gasteiger partial charge in [-0.15, -0.1) is 0 Å². The van der Waals surface area contributed by atoms with Crippen LogP contribution >= 0.6 is 15.9 Å². The molecule has 138 valence electrons. The first kappa shape index (κ1) is 20.0. The normalized spacial score (nSPS) is 20.1. The van der Waals surface area contributed by atoms with E-state index in [1.54, 1.807) is 18.2 Å². The number of rotatable bonds is 6. The van der Waals surface area contributed by atoms with E-state index in [0.717, 1.165) is 19.3 Å². The Morgan fingerprint density at radius 3 is 2.77 bits per heavy atom. The van der Waals surface area contributed by atoms with Crippen molar-refractivity contribution < 1.29 is 19.4 Å². The molecule has 1 aromatic rings. The minimum Gasteiger partial charge on any atom is -0.481 e. The summed E-state index contributed by atoms with van der Waals surface area (Å²) in [7, 11) is 0. The second kappa shape index (κ2) is 9.39. The molecule has 0 bridgehead atoms. The topological polar surface area (TPSA) is 99.4 Å². The minimum absolute atomic E-state index is 0.0360. The molecule has 2 rings (SSSR count). The van der Waals surface area contributed by atoms with Crippen LogP contribution < -0.4 is 10.1 Å². The van der Waals surface area contributed by atoms with Crippen LogP contribution in [0.25, 0.3) is 6.08 Å². The predicted octanol–water partition coefficient (Wildman–Crippen LogP) is 3.51. The molecule has 0 aromatic heterocycles. The zero-order chi connectivity index (χ0) is 19.1. The molecule has 1 aliphatic rings. The van der Waals surface area contributed by atoms with Gasteiger partial charge in [0.25, 0.3) is 5.91 Å². The molecule has 2 N–H and O–H groups in total. The lowest BCUT2D eigenvalue weighted by molar-refractivity contribution is -0.139. The average Bonchev–Trinajstić information content (AvgIpc) is 2.60. The molecular weight excluding hydrogens is 400 g/mol. The zero-order valence-corrected chi connectivity index (χ0v) is 16.1. The minimum atomic E-state index is -1.07. The summed E-state index contributed by atoms with van der Waals surface area (Å²) >= 11 is 3.30. The van der Waals surface area contributed by atoms with E-state index in [2.05, 4.69) is 28.2 Å². The Morgan fingerprint density at radius 1 is 1.42 bits per heavy atom. The highest BCUT2D eigenvalue weighted by Crippen LogP contribution is 2.27. The van der Waals surface area contributed by atoms with Crippen molar-refractivity contribution in [3.8, 4) is 11.8 Å². The summed E-state index contributed by atoms with van der Waals surface area (Å²) in [6.07, 6.45) is 5.80. The second-order valence-corrected chi connectivity index (χ2v) is 7.24. The molecule has 26 heavy (non-hydrogen) atoms. The van der Waals surface area contributed by atoms with Gasteiger partial charge in [0, 0.05) is 6.04 Å². The van der Waals surface area contributed by atoms with Gasteiger partial charge in [0.2, 0.25) is 0 Å². The van der Waals surface area contributed by atoms with E-state index in [1.807, 2.05) is 6.07 Å². The fourth-order valence-corrected chi connectivity index (χ4v) is 3.47. The van der Waals surface area contributed by atoms with Crippen LogP contribution in [0.15, 0.2) is 28.2 Å². The number of carbonyl (C=O) groups is 2. The van der Waals surface area contributed by atoms with Crippen molar-refractivity contribution in [3.05, 3.63) is 33.8 Å². The van der Waals surface area contributed by atoms with Gasteiger partial charge >= 0.3 is 5.97 Å². The van der Waals surface area contributed by atoms with Crippen LogP contribution in [-0.4, -0.2) is 29.6 Å². The van der Waals surface area contributed by atoms with Crippen molar-refractivity contribution in [1.29, 1.82) is 5.26 Å². The lowest BCUT2D eigenvalue weighted by Crippen LogP contribution is -2.41. The summed E-state index contributed by atoms with van der Waals surface area (Å²) in [5, 5.41) is 21.0. The average molecular weight is 421 g/mol. The monoisotopic (exact) mass is 420 g/mol. The van der Waals surface area contributed by atoms with Crippen LogP contribution in [0.3, 0.4) is 0 Å². The highest BCUT2D eigenvalue weighted by Gasteiger charge is 2.24. The van der Waals surface area contributed by atoms with Gasteiger partial charge in [0.05, 0.1) is 4.47 Å². The molecule has 6 nitrogen and oxygen atoms in total. The lowest BCUT2D eigenvalue weighted by Gasteiger charge is -2.29. The van der Waals surface area contributed by atoms with Crippen molar-refractivity contribution in [1.82, 2.24) is 5.32 Å². The number of nitriles is 1. The number of carboxylic acids is 1. The van der Waals surface area contributed by atoms with Gasteiger partial charge in [0.15, 0.2) is 6.61 Å². The van der Waals surface area contributed by atoms with E-state index >= 15 is 0 Å². The first-order valence-electron chi connectivity index (χ1n) is 8.47. The Labute approximate surface area is 161 Å². The summed E-state index contributed by atoms with van der Waals surface area (Å²) in [5.41, 5.74) is 0.678. The smallest absolute Gasteiger partial charge is 0.341 e. The third kappa shape index (κ3) is 5.60. The molecule has 1 aliphatic carbocycles. The van der Waals surface area contributed by atoms with Crippen molar-refractivity contribution in [2.45, 2.75) is 38.6 Å². The number of carbonyl (C=O) groups excluding carboxylic acids is 1. The van der Waals surface area contributed by atoms with Gasteiger partial charge < -0.3 is 15.2 Å². The molecule has 0 spiro atoms. The maximum absolute atomic E-state index is 12.4. The Kier molecular flexibility index (Phi) is 7.22. The van der Waals surface area contributed by atoms with Crippen molar-refractivity contribution in [2.75, 3.05) is 6.61 Å². The van der Waals surface area contributed by atoms with Crippen LogP contribution in [0.5, 0.6) is 5.75 Å². The number of hydrogen-bond acceptors (Lipinski definition) is 4. The van der Waals surface area contributed by atoms with Gasteiger partial charge in [-0.2, -0.15) is 5.26 Å². The standard InChI is InChI=1S/C19H21BrN2O4/c1-12-4-2-3-5-16(12)22-19(25)14(10-21)8-13-6-7-17(15(20)9-13)26-11-18(23)24/h6-9,12,16H,2-5,11H2,1H3,(H,22,25)(H,23,24)/b14-8+/t12-,16-/m0/s1. The van der Waals surface area contributed by atoms with Gasteiger partial charge in [0.1, 0.15) is 17.4 Å². The molecule has 0 unspecified atom stereocenters. The number of ether oxygens (including phenoxy) is 1. The highest BCUT2D eigenvalue weighted by atomic mass is 79.9. The van der Waals surface area contributed by atoms with Crippen LogP contribution in [0, 0.1) is 17.2 Å². The molecule has 1 saturated carbocycles. The van der Waals surface area contributed by atoms with E-state index < -0.39 is 12.6 Å². The van der Waals surface area contributed by atoms with Gasteiger partial charge in [-0.3, -0.25) is 4.79 Å². The number of amides is 1. The van der Waals surface area contributed by atoms with E-state index in [4.69, 9.17) is 9.84 Å². The molecule has 1 fully saturated rings. The van der Waals surface area contributed by atoms with E-state index in [1.165, 1.54) is 12.5 Å². The second-order valence-electron chi connectivity index (χ2n) is 6.38. The molecule has 1 aromatic carbocycles. The lowest BCUT2D eigenvalue weighted by atomic mass is 9.86. The van der Waals surface area contributed by atoms with Crippen molar-refractivity contribution in [3.63, 3.8) is 0 Å².